The van der Waals surface area contributed by atoms with Gasteiger partial charge in [-0.25, -0.2) is 4.79 Å². The van der Waals surface area contributed by atoms with Crippen molar-refractivity contribution < 1.29 is 14.6 Å². The fourth-order valence-electron chi connectivity index (χ4n) is 2.25. The van der Waals surface area contributed by atoms with Crippen LogP contribution in [0.5, 0.6) is 5.75 Å². The number of cyclic esters (lactones) is 1. The third kappa shape index (κ3) is 1.74. The molecule has 1 heterocycles. The number of carbonyl (C=O) groups is 1. The van der Waals surface area contributed by atoms with E-state index in [9.17, 15) is 9.90 Å². The van der Waals surface area contributed by atoms with Crippen molar-refractivity contribution in [2.24, 2.45) is 0 Å². The molecule has 1 unspecified atom stereocenters. The standard InChI is InChI=1S/C15H12O3/c16-13-8-4-7-11-12(13)9-14(18-15(11)17)10-5-2-1-3-6-10/h1-8,14,16H,9H2. The van der Waals surface area contributed by atoms with E-state index in [1.54, 1.807) is 18.2 Å². The van der Waals surface area contributed by atoms with E-state index in [0.717, 1.165) is 5.56 Å². The van der Waals surface area contributed by atoms with Gasteiger partial charge in [-0.1, -0.05) is 36.4 Å². The summed E-state index contributed by atoms with van der Waals surface area (Å²) in [5.74, 6) is -0.217. The van der Waals surface area contributed by atoms with Crippen LogP contribution in [0, 0.1) is 0 Å². The maximum atomic E-state index is 11.9. The van der Waals surface area contributed by atoms with E-state index in [1.165, 1.54) is 0 Å². The number of fused-ring (bicyclic) bond motifs is 1. The average molecular weight is 240 g/mol. The minimum atomic E-state index is -0.374. The Labute approximate surface area is 105 Å². The van der Waals surface area contributed by atoms with Crippen molar-refractivity contribution in [3.63, 3.8) is 0 Å². The Kier molecular flexibility index (Phi) is 2.52. The Morgan fingerprint density at radius 2 is 1.83 bits per heavy atom. The van der Waals surface area contributed by atoms with E-state index in [-0.39, 0.29) is 17.8 Å². The first-order valence-electron chi connectivity index (χ1n) is 5.82. The van der Waals surface area contributed by atoms with Gasteiger partial charge in [0.25, 0.3) is 0 Å². The van der Waals surface area contributed by atoms with Crippen LogP contribution in [0.3, 0.4) is 0 Å². The second-order valence-corrected chi connectivity index (χ2v) is 4.31. The number of ether oxygens (including phenoxy) is 1. The largest absolute Gasteiger partial charge is 0.508 e. The number of benzene rings is 2. The fourth-order valence-corrected chi connectivity index (χ4v) is 2.25. The van der Waals surface area contributed by atoms with Gasteiger partial charge in [-0.15, -0.1) is 0 Å². The molecule has 90 valence electrons. The molecule has 0 aromatic heterocycles. The van der Waals surface area contributed by atoms with Gasteiger partial charge in [0, 0.05) is 12.0 Å². The molecular weight excluding hydrogens is 228 g/mol. The summed E-state index contributed by atoms with van der Waals surface area (Å²) < 4.78 is 5.40. The molecule has 0 radical (unpaired) electrons. The summed E-state index contributed by atoms with van der Waals surface area (Å²) in [6, 6.07) is 14.5. The molecule has 0 spiro atoms. The van der Waals surface area contributed by atoms with Crippen molar-refractivity contribution in [3.8, 4) is 5.75 Å². The van der Waals surface area contributed by atoms with Crippen LogP contribution < -0.4 is 0 Å². The monoisotopic (exact) mass is 240 g/mol. The molecule has 3 rings (SSSR count). The summed E-state index contributed by atoms with van der Waals surface area (Å²) in [6.07, 6.45) is 0.192. The highest BCUT2D eigenvalue weighted by molar-refractivity contribution is 5.93. The zero-order valence-corrected chi connectivity index (χ0v) is 9.67. The SMILES string of the molecule is O=C1OC(c2ccccc2)Cc2c(O)cccc21. The maximum Gasteiger partial charge on any atom is 0.339 e. The first-order valence-corrected chi connectivity index (χ1v) is 5.82. The van der Waals surface area contributed by atoms with Crippen LogP contribution in [0.4, 0.5) is 0 Å². The predicted octanol–water partition coefficient (Wildman–Crippen LogP) is 2.85. The second-order valence-electron chi connectivity index (χ2n) is 4.31. The molecule has 0 aliphatic carbocycles. The molecule has 18 heavy (non-hydrogen) atoms. The number of esters is 1. The van der Waals surface area contributed by atoms with E-state index >= 15 is 0 Å². The molecular formula is C15H12O3. The number of carbonyl (C=O) groups excluding carboxylic acids is 1. The van der Waals surface area contributed by atoms with Crippen molar-refractivity contribution in [3.05, 3.63) is 65.2 Å². The molecule has 1 atom stereocenters. The molecule has 0 amide bonds. The smallest absolute Gasteiger partial charge is 0.339 e. The lowest BCUT2D eigenvalue weighted by Gasteiger charge is -2.25. The van der Waals surface area contributed by atoms with Gasteiger partial charge >= 0.3 is 5.97 Å². The van der Waals surface area contributed by atoms with E-state index in [2.05, 4.69) is 0 Å². The van der Waals surface area contributed by atoms with Crippen LogP contribution in [0.25, 0.3) is 0 Å². The number of rotatable bonds is 1. The summed E-state index contributed by atoms with van der Waals surface area (Å²) in [7, 11) is 0. The quantitative estimate of drug-likeness (QED) is 0.779. The van der Waals surface area contributed by atoms with E-state index in [1.807, 2.05) is 30.3 Å². The van der Waals surface area contributed by atoms with Crippen molar-refractivity contribution in [2.45, 2.75) is 12.5 Å². The van der Waals surface area contributed by atoms with Crippen LogP contribution in [0.1, 0.15) is 27.6 Å². The summed E-state index contributed by atoms with van der Waals surface area (Å²) in [5.41, 5.74) is 2.07. The number of phenols is 1. The molecule has 3 nitrogen and oxygen atoms in total. The summed E-state index contributed by atoms with van der Waals surface area (Å²) >= 11 is 0. The van der Waals surface area contributed by atoms with E-state index in [0.29, 0.717) is 17.5 Å². The molecule has 0 bridgehead atoms. The Balaban J connectivity index is 2.01. The van der Waals surface area contributed by atoms with Crippen LogP contribution in [0.15, 0.2) is 48.5 Å². The molecule has 0 saturated carbocycles. The number of aromatic hydroxyl groups is 1. The highest BCUT2D eigenvalue weighted by Crippen LogP contribution is 2.34. The number of hydrogen-bond acceptors (Lipinski definition) is 3. The summed E-state index contributed by atoms with van der Waals surface area (Å²) in [4.78, 5) is 11.9. The fraction of sp³-hybridized carbons (Fsp3) is 0.133. The van der Waals surface area contributed by atoms with Crippen LogP contribution >= 0.6 is 0 Å². The third-order valence-corrected chi connectivity index (χ3v) is 3.18. The van der Waals surface area contributed by atoms with Crippen LogP contribution in [-0.4, -0.2) is 11.1 Å². The number of hydrogen-bond donors (Lipinski definition) is 1. The lowest BCUT2D eigenvalue weighted by Crippen LogP contribution is -2.21. The van der Waals surface area contributed by atoms with Crippen molar-refractivity contribution in [1.82, 2.24) is 0 Å². The first kappa shape index (κ1) is 10.8. The second kappa shape index (κ2) is 4.18. The van der Waals surface area contributed by atoms with Gasteiger partial charge in [-0.05, 0) is 17.7 Å². The van der Waals surface area contributed by atoms with Gasteiger partial charge in [0.2, 0.25) is 0 Å². The highest BCUT2D eigenvalue weighted by atomic mass is 16.5. The summed E-state index contributed by atoms with van der Waals surface area (Å²) in [5, 5.41) is 9.83. The van der Waals surface area contributed by atoms with Crippen molar-refractivity contribution in [1.29, 1.82) is 0 Å². The minimum absolute atomic E-state index is 0.157. The normalized spacial score (nSPS) is 18.0. The van der Waals surface area contributed by atoms with Gasteiger partial charge in [0.15, 0.2) is 0 Å². The predicted molar refractivity (Wildman–Crippen MR) is 66.4 cm³/mol. The highest BCUT2D eigenvalue weighted by Gasteiger charge is 2.29. The molecule has 0 saturated heterocycles. The zero-order valence-electron chi connectivity index (χ0n) is 9.67. The van der Waals surface area contributed by atoms with Crippen LogP contribution in [0.2, 0.25) is 0 Å². The van der Waals surface area contributed by atoms with Gasteiger partial charge in [-0.2, -0.15) is 0 Å². The molecule has 2 aromatic carbocycles. The number of phenolic OH excluding ortho intramolecular Hbond substituents is 1. The molecule has 1 N–H and O–H groups in total. The van der Waals surface area contributed by atoms with Gasteiger partial charge < -0.3 is 9.84 Å². The van der Waals surface area contributed by atoms with Gasteiger partial charge in [0.1, 0.15) is 11.9 Å². The average Bonchev–Trinajstić information content (AvgIpc) is 2.41. The Morgan fingerprint density at radius 1 is 1.06 bits per heavy atom. The van der Waals surface area contributed by atoms with E-state index < -0.39 is 0 Å². The van der Waals surface area contributed by atoms with Crippen molar-refractivity contribution >= 4 is 5.97 Å². The molecule has 3 heteroatoms. The molecule has 1 aliphatic rings. The van der Waals surface area contributed by atoms with Gasteiger partial charge in [0.05, 0.1) is 5.56 Å². The maximum absolute atomic E-state index is 11.9. The zero-order chi connectivity index (χ0) is 12.5. The molecule has 0 fully saturated rings. The topological polar surface area (TPSA) is 46.5 Å². The molecule has 2 aromatic rings. The Bertz CT molecular complexity index is 590. The lowest BCUT2D eigenvalue weighted by atomic mass is 9.94. The molecule has 1 aliphatic heterocycles. The Hall–Kier alpha value is -2.29. The van der Waals surface area contributed by atoms with Gasteiger partial charge in [-0.3, -0.25) is 0 Å². The van der Waals surface area contributed by atoms with E-state index in [4.69, 9.17) is 4.74 Å². The third-order valence-electron chi connectivity index (χ3n) is 3.18. The van der Waals surface area contributed by atoms with Crippen molar-refractivity contribution in [2.75, 3.05) is 0 Å². The first-order chi connectivity index (χ1) is 8.75. The minimum Gasteiger partial charge on any atom is -0.508 e. The lowest BCUT2D eigenvalue weighted by molar-refractivity contribution is 0.0249. The van der Waals surface area contributed by atoms with Crippen LogP contribution in [-0.2, 0) is 11.2 Å². The summed E-state index contributed by atoms with van der Waals surface area (Å²) in [6.45, 7) is 0. The Morgan fingerprint density at radius 3 is 2.61 bits per heavy atom.